The molecule has 0 aliphatic heterocycles. The molecule has 2 rings (SSSR count). The Morgan fingerprint density at radius 3 is 2.75 bits per heavy atom. The fourth-order valence-electron chi connectivity index (χ4n) is 2.44. The van der Waals surface area contributed by atoms with Crippen LogP contribution in [0.25, 0.3) is 11.0 Å². The van der Waals surface area contributed by atoms with Gasteiger partial charge in [-0.3, -0.25) is 4.79 Å². The van der Waals surface area contributed by atoms with Gasteiger partial charge in [0, 0.05) is 16.8 Å². The third-order valence-electron chi connectivity index (χ3n) is 3.37. The molecule has 20 heavy (non-hydrogen) atoms. The van der Waals surface area contributed by atoms with E-state index in [1.807, 2.05) is 0 Å². The number of carbonyl (C=O) groups excluding carboxylic acids is 1. The van der Waals surface area contributed by atoms with Gasteiger partial charge in [-0.1, -0.05) is 25.4 Å². The lowest BCUT2D eigenvalue weighted by atomic mass is 9.92. The van der Waals surface area contributed by atoms with E-state index < -0.39 is 0 Å². The van der Waals surface area contributed by atoms with E-state index in [9.17, 15) is 4.79 Å². The van der Waals surface area contributed by atoms with Gasteiger partial charge < -0.3 is 10.2 Å². The van der Waals surface area contributed by atoms with Gasteiger partial charge in [0.2, 0.25) is 0 Å². The number of hydrogen-bond donors (Lipinski definition) is 1. The topological polar surface area (TPSA) is 56.2 Å². The van der Waals surface area contributed by atoms with Crippen LogP contribution in [0.5, 0.6) is 0 Å². The zero-order valence-corrected chi connectivity index (χ0v) is 12.6. The van der Waals surface area contributed by atoms with E-state index in [0.717, 1.165) is 11.8 Å². The quantitative estimate of drug-likeness (QED) is 0.809. The van der Waals surface area contributed by atoms with Crippen molar-refractivity contribution in [1.82, 2.24) is 0 Å². The summed E-state index contributed by atoms with van der Waals surface area (Å²) in [6, 6.07) is 7.09. The number of Topliss-reactive ketones (excluding diaryl/α,β-unsaturated/α-hetero) is 1. The number of ketones is 1. The number of fused-ring (bicyclic) bond motifs is 1. The number of benzene rings is 1. The first-order valence-electron chi connectivity index (χ1n) is 6.92. The van der Waals surface area contributed by atoms with Crippen LogP contribution < -0.4 is 5.73 Å². The minimum absolute atomic E-state index is 0.00780. The zero-order chi connectivity index (χ0) is 14.7. The first kappa shape index (κ1) is 15.1. The maximum atomic E-state index is 12.3. The highest BCUT2D eigenvalue weighted by molar-refractivity contribution is 6.31. The normalized spacial score (nSPS) is 13.1. The predicted molar refractivity (Wildman–Crippen MR) is 82.2 cm³/mol. The number of furan rings is 1. The molecule has 0 saturated heterocycles. The van der Waals surface area contributed by atoms with E-state index in [2.05, 4.69) is 13.8 Å². The maximum absolute atomic E-state index is 12.3. The van der Waals surface area contributed by atoms with Crippen LogP contribution in [0.15, 0.2) is 28.7 Å². The second-order valence-electron chi connectivity index (χ2n) is 5.65. The molecule has 0 saturated carbocycles. The predicted octanol–water partition coefficient (Wildman–Crippen LogP) is 4.28. The first-order chi connectivity index (χ1) is 9.49. The Morgan fingerprint density at radius 1 is 1.35 bits per heavy atom. The van der Waals surface area contributed by atoms with E-state index in [4.69, 9.17) is 21.8 Å². The van der Waals surface area contributed by atoms with Crippen LogP contribution in [0.2, 0.25) is 5.02 Å². The van der Waals surface area contributed by atoms with Crippen LogP contribution in [0.4, 0.5) is 0 Å². The Kier molecular flexibility index (Phi) is 4.84. The molecule has 0 bridgehead atoms. The lowest BCUT2D eigenvalue weighted by Crippen LogP contribution is -2.19. The van der Waals surface area contributed by atoms with Crippen molar-refractivity contribution in [3.05, 3.63) is 35.0 Å². The van der Waals surface area contributed by atoms with Crippen molar-refractivity contribution in [2.45, 2.75) is 26.7 Å². The number of rotatable bonds is 6. The molecule has 0 spiro atoms. The lowest BCUT2D eigenvalue weighted by Gasteiger charge is -2.15. The third kappa shape index (κ3) is 3.62. The van der Waals surface area contributed by atoms with Gasteiger partial charge in [-0.05, 0) is 49.1 Å². The summed E-state index contributed by atoms with van der Waals surface area (Å²) in [5, 5.41) is 1.49. The highest BCUT2D eigenvalue weighted by Gasteiger charge is 2.18. The molecular weight excluding hydrogens is 274 g/mol. The molecule has 2 N–H and O–H groups in total. The molecular formula is C16H20ClNO2. The summed E-state index contributed by atoms with van der Waals surface area (Å²) in [5.74, 6) is 1.14. The van der Waals surface area contributed by atoms with Gasteiger partial charge >= 0.3 is 0 Å². The van der Waals surface area contributed by atoms with E-state index in [1.165, 1.54) is 0 Å². The van der Waals surface area contributed by atoms with Crippen molar-refractivity contribution in [3.8, 4) is 0 Å². The minimum Gasteiger partial charge on any atom is -0.453 e. The molecule has 1 aromatic heterocycles. The molecule has 1 heterocycles. The van der Waals surface area contributed by atoms with Gasteiger partial charge in [-0.25, -0.2) is 0 Å². The largest absolute Gasteiger partial charge is 0.453 e. The molecule has 1 unspecified atom stereocenters. The summed E-state index contributed by atoms with van der Waals surface area (Å²) in [6.07, 6.45) is 1.39. The molecule has 0 aliphatic carbocycles. The van der Waals surface area contributed by atoms with Gasteiger partial charge in [0.15, 0.2) is 11.5 Å². The molecule has 0 aliphatic rings. The number of carbonyl (C=O) groups is 1. The molecule has 2 aromatic rings. The summed E-state index contributed by atoms with van der Waals surface area (Å²) < 4.78 is 5.59. The Morgan fingerprint density at radius 2 is 2.10 bits per heavy atom. The monoisotopic (exact) mass is 293 g/mol. The molecule has 1 aromatic carbocycles. The van der Waals surface area contributed by atoms with Crippen LogP contribution in [0, 0.1) is 11.8 Å². The summed E-state index contributed by atoms with van der Waals surface area (Å²) >= 11 is 5.93. The third-order valence-corrected chi connectivity index (χ3v) is 3.60. The second kappa shape index (κ2) is 6.42. The Bertz CT molecular complexity index is 604. The SMILES string of the molecule is CC(C)CC(CN)CC(=O)c1cc2cc(Cl)ccc2o1. The van der Waals surface area contributed by atoms with Crippen molar-refractivity contribution in [2.24, 2.45) is 17.6 Å². The van der Waals surface area contributed by atoms with E-state index in [-0.39, 0.29) is 11.7 Å². The zero-order valence-electron chi connectivity index (χ0n) is 11.9. The van der Waals surface area contributed by atoms with Gasteiger partial charge in [-0.2, -0.15) is 0 Å². The summed E-state index contributed by atoms with van der Waals surface area (Å²) in [5.41, 5.74) is 6.43. The van der Waals surface area contributed by atoms with Gasteiger partial charge in [0.25, 0.3) is 0 Å². The van der Waals surface area contributed by atoms with Crippen LogP contribution in [-0.2, 0) is 0 Å². The molecule has 108 valence electrons. The van der Waals surface area contributed by atoms with E-state index in [1.54, 1.807) is 24.3 Å². The molecule has 0 fully saturated rings. The summed E-state index contributed by atoms with van der Waals surface area (Å²) in [6.45, 7) is 4.79. The second-order valence-corrected chi connectivity index (χ2v) is 6.09. The average Bonchev–Trinajstić information content (AvgIpc) is 2.80. The van der Waals surface area contributed by atoms with Crippen LogP contribution in [0.1, 0.15) is 37.2 Å². The molecule has 4 heteroatoms. The number of hydrogen-bond acceptors (Lipinski definition) is 3. The van der Waals surface area contributed by atoms with Crippen LogP contribution >= 0.6 is 11.6 Å². The van der Waals surface area contributed by atoms with Crippen molar-refractivity contribution in [1.29, 1.82) is 0 Å². The smallest absolute Gasteiger partial charge is 0.198 e. The van der Waals surface area contributed by atoms with Crippen molar-refractivity contribution in [2.75, 3.05) is 6.54 Å². The molecule has 0 amide bonds. The van der Waals surface area contributed by atoms with Crippen LogP contribution in [0.3, 0.4) is 0 Å². The van der Waals surface area contributed by atoms with Gasteiger partial charge in [-0.15, -0.1) is 0 Å². The summed E-state index contributed by atoms with van der Waals surface area (Å²) in [4.78, 5) is 12.3. The number of nitrogens with two attached hydrogens (primary N) is 1. The Balaban J connectivity index is 2.14. The van der Waals surface area contributed by atoms with Crippen molar-refractivity contribution < 1.29 is 9.21 Å². The van der Waals surface area contributed by atoms with Crippen LogP contribution in [-0.4, -0.2) is 12.3 Å². The minimum atomic E-state index is 0.00780. The number of halogens is 1. The van der Waals surface area contributed by atoms with E-state index in [0.29, 0.717) is 35.2 Å². The fraction of sp³-hybridized carbons (Fsp3) is 0.438. The summed E-state index contributed by atoms with van der Waals surface area (Å²) in [7, 11) is 0. The van der Waals surface area contributed by atoms with Gasteiger partial charge in [0.1, 0.15) is 5.58 Å². The first-order valence-corrected chi connectivity index (χ1v) is 7.29. The highest BCUT2D eigenvalue weighted by Crippen LogP contribution is 2.25. The highest BCUT2D eigenvalue weighted by atomic mass is 35.5. The fourth-order valence-corrected chi connectivity index (χ4v) is 2.62. The lowest BCUT2D eigenvalue weighted by molar-refractivity contribution is 0.0932. The average molecular weight is 294 g/mol. The standard InChI is InChI=1S/C16H20ClNO2/c1-10(2)5-11(9-18)6-14(19)16-8-12-7-13(17)3-4-15(12)20-16/h3-4,7-8,10-11H,5-6,9,18H2,1-2H3. The van der Waals surface area contributed by atoms with Crippen molar-refractivity contribution >= 4 is 28.4 Å². The Labute approximate surface area is 124 Å². The molecule has 0 radical (unpaired) electrons. The Hall–Kier alpha value is -1.32. The van der Waals surface area contributed by atoms with E-state index >= 15 is 0 Å². The molecule has 1 atom stereocenters. The maximum Gasteiger partial charge on any atom is 0.198 e. The molecule has 3 nitrogen and oxygen atoms in total. The van der Waals surface area contributed by atoms with Crippen molar-refractivity contribution in [3.63, 3.8) is 0 Å². The van der Waals surface area contributed by atoms with Gasteiger partial charge in [0.05, 0.1) is 0 Å².